The van der Waals surface area contributed by atoms with Gasteiger partial charge in [0.1, 0.15) is 0 Å². The van der Waals surface area contributed by atoms with Gasteiger partial charge in [-0.1, -0.05) is 74.7 Å². The number of aliphatic hydroxyl groups is 1. The Labute approximate surface area is 171 Å². The lowest BCUT2D eigenvalue weighted by Gasteiger charge is -2.35. The molecule has 2 heteroatoms. The normalized spacial score (nSPS) is 15.3. The van der Waals surface area contributed by atoms with Crippen molar-refractivity contribution >= 4 is 0 Å². The van der Waals surface area contributed by atoms with Crippen LogP contribution in [-0.4, -0.2) is 22.9 Å². The van der Waals surface area contributed by atoms with E-state index >= 15 is 0 Å². The minimum Gasteiger partial charge on any atom is -0.390 e. The van der Waals surface area contributed by atoms with Crippen LogP contribution in [0.25, 0.3) is 0 Å². The fourth-order valence-corrected chi connectivity index (χ4v) is 4.33. The van der Waals surface area contributed by atoms with E-state index in [1.807, 2.05) is 0 Å². The van der Waals surface area contributed by atoms with Crippen molar-refractivity contribution in [3.63, 3.8) is 0 Å². The van der Waals surface area contributed by atoms with Gasteiger partial charge >= 0.3 is 0 Å². The Morgan fingerprint density at radius 3 is 1.78 bits per heavy atom. The largest absolute Gasteiger partial charge is 0.390 e. The van der Waals surface area contributed by atoms with Gasteiger partial charge in [0.25, 0.3) is 0 Å². The topological polar surface area (TPSA) is 29.5 Å². The zero-order chi connectivity index (χ0) is 20.9. The van der Waals surface area contributed by atoms with Gasteiger partial charge in [-0.2, -0.15) is 0 Å². The van der Waals surface area contributed by atoms with Gasteiger partial charge in [0.05, 0.1) is 17.8 Å². The summed E-state index contributed by atoms with van der Waals surface area (Å²) in [5.74, 6) is 2.46. The third kappa shape index (κ3) is 11.5. The predicted molar refractivity (Wildman–Crippen MR) is 120 cm³/mol. The van der Waals surface area contributed by atoms with E-state index in [0.717, 1.165) is 56.3 Å². The van der Waals surface area contributed by atoms with Gasteiger partial charge in [0.2, 0.25) is 0 Å². The molecule has 0 spiro atoms. The molecule has 0 rings (SSSR count). The molecule has 0 heterocycles. The fourth-order valence-electron chi connectivity index (χ4n) is 4.33. The number of rotatable bonds is 17. The average molecular weight is 385 g/mol. The molecule has 1 N–H and O–H groups in total. The summed E-state index contributed by atoms with van der Waals surface area (Å²) in [5.41, 5.74) is -0.547. The van der Waals surface area contributed by atoms with Crippen molar-refractivity contribution in [2.24, 2.45) is 17.8 Å². The molecule has 0 aliphatic rings. The monoisotopic (exact) mass is 384 g/mol. The van der Waals surface area contributed by atoms with E-state index in [1.54, 1.807) is 0 Å². The van der Waals surface area contributed by atoms with Gasteiger partial charge < -0.3 is 9.84 Å². The van der Waals surface area contributed by atoms with Crippen molar-refractivity contribution in [2.45, 2.75) is 137 Å². The summed E-state index contributed by atoms with van der Waals surface area (Å²) in [5, 5.41) is 10.5. The number of ether oxygens (including phenoxy) is 1. The molecule has 0 aromatic heterocycles. The highest BCUT2D eigenvalue weighted by Crippen LogP contribution is 2.31. The highest BCUT2D eigenvalue weighted by atomic mass is 16.5. The summed E-state index contributed by atoms with van der Waals surface area (Å²) >= 11 is 0. The van der Waals surface area contributed by atoms with Gasteiger partial charge in [-0.15, -0.1) is 0 Å². The third-order valence-electron chi connectivity index (χ3n) is 6.94. The summed E-state index contributed by atoms with van der Waals surface area (Å²) < 4.78 is 6.40. The summed E-state index contributed by atoms with van der Waals surface area (Å²) in [7, 11) is 0. The summed E-state index contributed by atoms with van der Waals surface area (Å²) in [4.78, 5) is 0. The minimum atomic E-state index is -0.548. The van der Waals surface area contributed by atoms with Crippen molar-refractivity contribution < 1.29 is 9.84 Å². The Hall–Kier alpha value is -0.0800. The lowest BCUT2D eigenvalue weighted by atomic mass is 9.85. The molecule has 0 saturated carbocycles. The maximum Gasteiger partial charge on any atom is 0.0677 e. The quantitative estimate of drug-likeness (QED) is 0.277. The van der Waals surface area contributed by atoms with E-state index in [0.29, 0.717) is 6.61 Å². The van der Waals surface area contributed by atoms with Crippen molar-refractivity contribution in [2.75, 3.05) is 6.61 Å². The lowest BCUT2D eigenvalue weighted by Crippen LogP contribution is -2.35. The summed E-state index contributed by atoms with van der Waals surface area (Å²) in [6.45, 7) is 18.8. The third-order valence-corrected chi connectivity index (χ3v) is 6.94. The van der Waals surface area contributed by atoms with Crippen LogP contribution >= 0.6 is 0 Å². The molecule has 2 unspecified atom stereocenters. The first-order valence-electron chi connectivity index (χ1n) is 12.0. The Bertz CT molecular complexity index is 342. The first kappa shape index (κ1) is 26.9. The predicted octanol–water partition coefficient (Wildman–Crippen LogP) is 7.77. The molecule has 164 valence electrons. The minimum absolute atomic E-state index is 0.00157. The van der Waals surface area contributed by atoms with Crippen LogP contribution in [0, 0.1) is 17.8 Å². The van der Waals surface area contributed by atoms with E-state index in [9.17, 15) is 5.11 Å². The van der Waals surface area contributed by atoms with Crippen molar-refractivity contribution in [3.05, 3.63) is 0 Å². The molecular formula is C25H52O2. The van der Waals surface area contributed by atoms with Crippen LogP contribution < -0.4 is 0 Å². The van der Waals surface area contributed by atoms with E-state index < -0.39 is 5.60 Å². The van der Waals surface area contributed by atoms with Crippen LogP contribution in [0.2, 0.25) is 0 Å². The molecular weight excluding hydrogens is 332 g/mol. The molecule has 0 aromatic rings. The van der Waals surface area contributed by atoms with Crippen molar-refractivity contribution in [3.8, 4) is 0 Å². The van der Waals surface area contributed by atoms with Gasteiger partial charge in [0.15, 0.2) is 0 Å². The zero-order valence-corrected chi connectivity index (χ0v) is 20.1. The smallest absolute Gasteiger partial charge is 0.0677 e. The van der Waals surface area contributed by atoms with Gasteiger partial charge in [-0.3, -0.25) is 0 Å². The van der Waals surface area contributed by atoms with Crippen LogP contribution in [0.5, 0.6) is 0 Å². The zero-order valence-electron chi connectivity index (χ0n) is 20.1. The molecule has 0 saturated heterocycles. The molecule has 0 radical (unpaired) electrons. The van der Waals surface area contributed by atoms with Crippen LogP contribution in [0.15, 0.2) is 0 Å². The SMILES string of the molecule is CCC(O)(CC)CCOC(CC)(CC)CCC(C)CCCC(C)CC(C)C. The maximum absolute atomic E-state index is 10.5. The average Bonchev–Trinajstić information content (AvgIpc) is 2.64. The Morgan fingerprint density at radius 2 is 1.30 bits per heavy atom. The molecule has 2 atom stereocenters. The van der Waals surface area contributed by atoms with Crippen LogP contribution in [-0.2, 0) is 4.74 Å². The molecule has 0 aromatic carbocycles. The molecule has 27 heavy (non-hydrogen) atoms. The van der Waals surface area contributed by atoms with Crippen LogP contribution in [0.3, 0.4) is 0 Å². The first-order valence-corrected chi connectivity index (χ1v) is 12.0. The molecule has 0 aliphatic heterocycles. The summed E-state index contributed by atoms with van der Waals surface area (Å²) in [6, 6.07) is 0. The van der Waals surface area contributed by atoms with E-state index in [1.165, 1.54) is 32.1 Å². The van der Waals surface area contributed by atoms with Gasteiger partial charge in [-0.25, -0.2) is 0 Å². The van der Waals surface area contributed by atoms with E-state index in [2.05, 4.69) is 55.4 Å². The van der Waals surface area contributed by atoms with Crippen molar-refractivity contribution in [1.29, 1.82) is 0 Å². The van der Waals surface area contributed by atoms with Gasteiger partial charge in [0, 0.05) is 0 Å². The summed E-state index contributed by atoms with van der Waals surface area (Å²) in [6.07, 6.45) is 12.4. The van der Waals surface area contributed by atoms with E-state index in [4.69, 9.17) is 4.74 Å². The second-order valence-corrected chi connectivity index (χ2v) is 9.73. The Morgan fingerprint density at radius 1 is 0.741 bits per heavy atom. The fraction of sp³-hybridized carbons (Fsp3) is 1.00. The number of hydrogen-bond donors (Lipinski definition) is 1. The second kappa shape index (κ2) is 14.0. The van der Waals surface area contributed by atoms with E-state index in [-0.39, 0.29) is 5.60 Å². The molecule has 2 nitrogen and oxygen atoms in total. The Kier molecular flexibility index (Phi) is 13.9. The first-order chi connectivity index (χ1) is 12.7. The van der Waals surface area contributed by atoms with Gasteiger partial charge in [-0.05, 0) is 69.1 Å². The van der Waals surface area contributed by atoms with Crippen LogP contribution in [0.4, 0.5) is 0 Å². The molecule has 0 bridgehead atoms. The number of hydrogen-bond acceptors (Lipinski definition) is 2. The molecule has 0 aliphatic carbocycles. The Balaban J connectivity index is 4.31. The van der Waals surface area contributed by atoms with Crippen molar-refractivity contribution in [1.82, 2.24) is 0 Å². The molecule has 0 fully saturated rings. The highest BCUT2D eigenvalue weighted by Gasteiger charge is 2.29. The molecule has 0 amide bonds. The highest BCUT2D eigenvalue weighted by molar-refractivity contribution is 4.81. The van der Waals surface area contributed by atoms with Crippen LogP contribution in [0.1, 0.15) is 126 Å². The second-order valence-electron chi connectivity index (χ2n) is 9.73. The lowest BCUT2D eigenvalue weighted by molar-refractivity contribution is -0.0863. The standard InChI is InChI=1S/C25H52O2/c1-9-24(26,10-2)18-19-27-25(11-3,12-4)17-16-22(7)14-13-15-23(8)20-21(5)6/h21-23,26H,9-20H2,1-8H3. The maximum atomic E-state index is 10.5.